The molecule has 0 aliphatic carbocycles. The molecule has 7 nitrogen and oxygen atoms in total. The summed E-state index contributed by atoms with van der Waals surface area (Å²) < 4.78 is 0. The number of aromatic hydroxyl groups is 1. The van der Waals surface area contributed by atoms with Gasteiger partial charge in [0.1, 0.15) is 0 Å². The lowest BCUT2D eigenvalue weighted by Crippen LogP contribution is -2.33. The summed E-state index contributed by atoms with van der Waals surface area (Å²) >= 11 is 1.43. The Morgan fingerprint density at radius 3 is 2.74 bits per heavy atom. The highest BCUT2D eigenvalue weighted by atomic mass is 32.1. The number of aliphatic hydroxyl groups is 1. The quantitative estimate of drug-likeness (QED) is 0.554. The van der Waals surface area contributed by atoms with E-state index in [1.165, 1.54) is 17.4 Å². The van der Waals surface area contributed by atoms with Gasteiger partial charge in [0.25, 0.3) is 5.91 Å². The number of amides is 1. The van der Waals surface area contributed by atoms with Crippen LogP contribution in [-0.2, 0) is 0 Å². The fourth-order valence-electron chi connectivity index (χ4n) is 2.12. The van der Waals surface area contributed by atoms with Gasteiger partial charge in [-0.05, 0) is 36.9 Å². The van der Waals surface area contributed by atoms with Gasteiger partial charge in [-0.2, -0.15) is 0 Å². The van der Waals surface area contributed by atoms with Crippen LogP contribution in [0, 0.1) is 10.1 Å². The SMILES string of the molecule is CC(CC(O)c1cccs1)NC(=O)c1ccc([N+](=O)[O-])c(O)c1. The number of hydrogen-bond donors (Lipinski definition) is 3. The predicted octanol–water partition coefficient (Wildman–Crippen LogP) is 2.60. The van der Waals surface area contributed by atoms with E-state index in [4.69, 9.17) is 0 Å². The van der Waals surface area contributed by atoms with Crippen molar-refractivity contribution in [2.75, 3.05) is 0 Å². The van der Waals surface area contributed by atoms with Crippen molar-refractivity contribution in [3.05, 3.63) is 56.3 Å². The molecule has 0 bridgehead atoms. The molecule has 1 heterocycles. The molecule has 8 heteroatoms. The zero-order valence-electron chi connectivity index (χ0n) is 12.3. The van der Waals surface area contributed by atoms with Crippen molar-refractivity contribution in [2.45, 2.75) is 25.5 Å². The number of nitrogens with zero attached hydrogens (tertiary/aromatic N) is 1. The standard InChI is InChI=1S/C15H16N2O5S/c1-9(7-13(19)14-3-2-6-23-14)16-15(20)10-4-5-11(17(21)22)12(18)8-10/h2-6,8-9,13,18-19H,7H2,1H3,(H,16,20). The average molecular weight is 336 g/mol. The van der Waals surface area contributed by atoms with E-state index in [9.17, 15) is 25.1 Å². The number of aliphatic hydroxyl groups excluding tert-OH is 1. The van der Waals surface area contributed by atoms with E-state index in [0.29, 0.717) is 6.42 Å². The van der Waals surface area contributed by atoms with Gasteiger partial charge >= 0.3 is 5.69 Å². The number of thiophene rings is 1. The van der Waals surface area contributed by atoms with Gasteiger partial charge in [0, 0.05) is 22.5 Å². The summed E-state index contributed by atoms with van der Waals surface area (Å²) in [5.41, 5.74) is -0.340. The van der Waals surface area contributed by atoms with Gasteiger partial charge in [-0.15, -0.1) is 11.3 Å². The van der Waals surface area contributed by atoms with Gasteiger partial charge in [0.05, 0.1) is 11.0 Å². The lowest BCUT2D eigenvalue weighted by atomic mass is 10.1. The maximum atomic E-state index is 12.1. The van der Waals surface area contributed by atoms with Crippen LogP contribution < -0.4 is 5.32 Å². The van der Waals surface area contributed by atoms with Gasteiger partial charge < -0.3 is 15.5 Å². The maximum absolute atomic E-state index is 12.1. The van der Waals surface area contributed by atoms with Crippen molar-refractivity contribution in [1.29, 1.82) is 0 Å². The molecule has 0 spiro atoms. The molecule has 2 atom stereocenters. The van der Waals surface area contributed by atoms with Crippen LogP contribution in [0.4, 0.5) is 5.69 Å². The first kappa shape index (κ1) is 16.9. The summed E-state index contributed by atoms with van der Waals surface area (Å²) in [5.74, 6) is -1.03. The molecule has 0 radical (unpaired) electrons. The number of rotatable bonds is 6. The Hall–Kier alpha value is -2.45. The van der Waals surface area contributed by atoms with Gasteiger partial charge in [-0.3, -0.25) is 14.9 Å². The van der Waals surface area contributed by atoms with E-state index in [1.54, 1.807) is 6.92 Å². The third kappa shape index (κ3) is 4.27. The molecule has 3 N–H and O–H groups in total. The summed E-state index contributed by atoms with van der Waals surface area (Å²) in [4.78, 5) is 22.8. The van der Waals surface area contributed by atoms with Crippen LogP contribution in [0.25, 0.3) is 0 Å². The van der Waals surface area contributed by atoms with Crippen LogP contribution >= 0.6 is 11.3 Å². The number of hydrogen-bond acceptors (Lipinski definition) is 6. The topological polar surface area (TPSA) is 113 Å². The van der Waals surface area contributed by atoms with Crippen LogP contribution in [-0.4, -0.2) is 27.1 Å². The number of phenolic OH excluding ortho intramolecular Hbond substituents is 1. The first-order valence-electron chi connectivity index (χ1n) is 6.88. The summed E-state index contributed by atoms with van der Waals surface area (Å²) in [6, 6.07) is 6.75. The Labute approximate surface area is 136 Å². The van der Waals surface area contributed by atoms with Gasteiger partial charge in [0.2, 0.25) is 0 Å². The van der Waals surface area contributed by atoms with E-state index in [2.05, 4.69) is 5.32 Å². The molecule has 2 rings (SSSR count). The van der Waals surface area contributed by atoms with Gasteiger partial charge in [0.15, 0.2) is 5.75 Å². The van der Waals surface area contributed by atoms with E-state index in [-0.39, 0.29) is 11.6 Å². The molecule has 2 aromatic rings. The minimum Gasteiger partial charge on any atom is -0.502 e. The van der Waals surface area contributed by atoms with Crippen molar-refractivity contribution in [2.24, 2.45) is 0 Å². The first-order valence-corrected chi connectivity index (χ1v) is 7.76. The lowest BCUT2D eigenvalue weighted by Gasteiger charge is -2.17. The second-order valence-corrected chi connectivity index (χ2v) is 6.08. The number of carbonyl (C=O) groups is 1. The van der Waals surface area contributed by atoms with Crippen LogP contribution in [0.1, 0.15) is 34.7 Å². The Morgan fingerprint density at radius 2 is 2.17 bits per heavy atom. The molecule has 1 aromatic heterocycles. The van der Waals surface area contributed by atoms with Crippen LogP contribution in [0.5, 0.6) is 5.75 Å². The zero-order chi connectivity index (χ0) is 17.0. The molecule has 0 aliphatic heterocycles. The molecule has 1 aromatic carbocycles. The lowest BCUT2D eigenvalue weighted by molar-refractivity contribution is -0.385. The smallest absolute Gasteiger partial charge is 0.310 e. The number of phenols is 1. The monoisotopic (exact) mass is 336 g/mol. The Morgan fingerprint density at radius 1 is 1.43 bits per heavy atom. The minimum absolute atomic E-state index is 0.116. The van der Waals surface area contributed by atoms with E-state index in [1.807, 2.05) is 17.5 Å². The fourth-order valence-corrected chi connectivity index (χ4v) is 2.84. The molecule has 23 heavy (non-hydrogen) atoms. The second kappa shape index (κ2) is 7.21. The highest BCUT2D eigenvalue weighted by Crippen LogP contribution is 2.26. The van der Waals surface area contributed by atoms with Gasteiger partial charge in [-0.25, -0.2) is 0 Å². The van der Waals surface area contributed by atoms with Gasteiger partial charge in [-0.1, -0.05) is 6.07 Å². The number of carbonyl (C=O) groups excluding carboxylic acids is 1. The Bertz CT molecular complexity index is 702. The molecule has 1 amide bonds. The van der Waals surface area contributed by atoms with Crippen molar-refractivity contribution >= 4 is 22.9 Å². The minimum atomic E-state index is -0.725. The summed E-state index contributed by atoms with van der Waals surface area (Å²) in [5, 5.41) is 34.8. The van der Waals surface area contributed by atoms with E-state index < -0.39 is 28.4 Å². The molecule has 122 valence electrons. The number of benzene rings is 1. The largest absolute Gasteiger partial charge is 0.502 e. The van der Waals surface area contributed by atoms with Crippen LogP contribution in [0.3, 0.4) is 0 Å². The highest BCUT2D eigenvalue weighted by molar-refractivity contribution is 7.10. The number of nitro benzene ring substituents is 1. The van der Waals surface area contributed by atoms with Crippen molar-refractivity contribution in [1.82, 2.24) is 5.32 Å². The number of nitrogens with one attached hydrogen (secondary N) is 1. The number of nitro groups is 1. The molecule has 0 saturated carbocycles. The average Bonchev–Trinajstić information content (AvgIpc) is 3.00. The first-order chi connectivity index (χ1) is 10.9. The van der Waals surface area contributed by atoms with Crippen molar-refractivity contribution in [3.63, 3.8) is 0 Å². The van der Waals surface area contributed by atoms with E-state index in [0.717, 1.165) is 17.0 Å². The highest BCUT2D eigenvalue weighted by Gasteiger charge is 2.19. The maximum Gasteiger partial charge on any atom is 0.310 e. The molecular formula is C15H16N2O5S. The third-order valence-corrected chi connectivity index (χ3v) is 4.23. The van der Waals surface area contributed by atoms with Crippen molar-refractivity contribution in [3.8, 4) is 5.75 Å². The normalized spacial score (nSPS) is 13.3. The van der Waals surface area contributed by atoms with Crippen LogP contribution in [0.2, 0.25) is 0 Å². The second-order valence-electron chi connectivity index (χ2n) is 5.10. The zero-order valence-corrected chi connectivity index (χ0v) is 13.1. The molecule has 2 unspecified atom stereocenters. The summed E-state index contributed by atoms with van der Waals surface area (Å²) in [6.45, 7) is 1.75. The third-order valence-electron chi connectivity index (χ3n) is 3.26. The molecule has 0 saturated heterocycles. The molecule has 0 aliphatic rings. The molecular weight excluding hydrogens is 320 g/mol. The Balaban J connectivity index is 1.98. The van der Waals surface area contributed by atoms with Crippen LogP contribution in [0.15, 0.2) is 35.7 Å². The van der Waals surface area contributed by atoms with E-state index >= 15 is 0 Å². The fraction of sp³-hybridized carbons (Fsp3) is 0.267. The Kier molecular flexibility index (Phi) is 5.30. The van der Waals surface area contributed by atoms with Crippen molar-refractivity contribution < 1.29 is 19.9 Å². The predicted molar refractivity (Wildman–Crippen MR) is 85.6 cm³/mol. The summed E-state index contributed by atoms with van der Waals surface area (Å²) in [7, 11) is 0. The summed E-state index contributed by atoms with van der Waals surface area (Å²) in [6.07, 6.45) is -0.332. The molecule has 0 fully saturated rings.